The highest BCUT2D eigenvalue weighted by molar-refractivity contribution is 8.18. The van der Waals surface area contributed by atoms with Gasteiger partial charge in [-0.15, -0.1) is 0 Å². The number of carbonyl (C=O) groups is 1. The molecule has 1 aromatic carbocycles. The highest BCUT2D eigenvalue weighted by atomic mass is 35.5. The first-order valence-electron chi connectivity index (χ1n) is 6.56. The van der Waals surface area contributed by atoms with Gasteiger partial charge in [-0.3, -0.25) is 4.79 Å². The fourth-order valence-electron chi connectivity index (χ4n) is 1.78. The van der Waals surface area contributed by atoms with Gasteiger partial charge in [0, 0.05) is 0 Å². The Morgan fingerprint density at radius 3 is 2.96 bits per heavy atom. The summed E-state index contributed by atoms with van der Waals surface area (Å²) in [5, 5.41) is 3.04. The van der Waals surface area contributed by atoms with Gasteiger partial charge in [-0.1, -0.05) is 17.7 Å². The van der Waals surface area contributed by atoms with E-state index in [0.717, 1.165) is 0 Å². The van der Waals surface area contributed by atoms with Crippen molar-refractivity contribution in [3.63, 3.8) is 0 Å². The maximum absolute atomic E-state index is 13.1. The van der Waals surface area contributed by atoms with Crippen molar-refractivity contribution in [1.29, 1.82) is 0 Å². The summed E-state index contributed by atoms with van der Waals surface area (Å²) >= 11 is 6.90. The lowest BCUT2D eigenvalue weighted by molar-refractivity contribution is -0.115. The Hall–Kier alpha value is -2.31. The van der Waals surface area contributed by atoms with Crippen LogP contribution in [0, 0.1) is 5.82 Å². The van der Waals surface area contributed by atoms with Gasteiger partial charge < -0.3 is 9.73 Å². The Balaban J connectivity index is 1.73. The molecule has 0 spiro atoms. The first kappa shape index (κ1) is 15.6. The minimum Gasteiger partial charge on any atom is -0.465 e. The molecule has 0 unspecified atom stereocenters. The Bertz CT molecular complexity index is 829. The first-order chi connectivity index (χ1) is 11.1. The quantitative estimate of drug-likeness (QED) is 0.830. The second-order valence-corrected chi connectivity index (χ2v) is 5.91. The molecule has 0 saturated carbocycles. The number of amides is 1. The van der Waals surface area contributed by atoms with Crippen molar-refractivity contribution in [2.45, 2.75) is 0 Å². The lowest BCUT2D eigenvalue weighted by Gasteiger charge is -1.98. The molecule has 1 aliphatic rings. The van der Waals surface area contributed by atoms with E-state index in [9.17, 15) is 9.18 Å². The fourth-order valence-corrected chi connectivity index (χ4v) is 2.75. The van der Waals surface area contributed by atoms with Gasteiger partial charge in [0.2, 0.25) is 0 Å². The number of furan rings is 1. The third-order valence-electron chi connectivity index (χ3n) is 2.84. The third-order valence-corrected chi connectivity index (χ3v) is 4.05. The van der Waals surface area contributed by atoms with Crippen LogP contribution in [-0.4, -0.2) is 11.1 Å². The normalized spacial score (nSPS) is 18.3. The van der Waals surface area contributed by atoms with Crippen LogP contribution in [0.1, 0.15) is 5.76 Å². The van der Waals surface area contributed by atoms with E-state index in [-0.39, 0.29) is 10.9 Å². The van der Waals surface area contributed by atoms with Gasteiger partial charge in [-0.2, -0.15) is 0 Å². The summed E-state index contributed by atoms with van der Waals surface area (Å²) in [6.07, 6.45) is 6.71. The van der Waals surface area contributed by atoms with E-state index in [1.165, 1.54) is 30.0 Å². The molecule has 0 radical (unpaired) electrons. The lowest BCUT2D eigenvalue weighted by Crippen LogP contribution is -2.19. The van der Waals surface area contributed by atoms with Crippen molar-refractivity contribution in [1.82, 2.24) is 5.32 Å². The van der Waals surface area contributed by atoms with Gasteiger partial charge in [0.15, 0.2) is 5.17 Å². The number of amidine groups is 1. The van der Waals surface area contributed by atoms with Gasteiger partial charge in [0.05, 0.1) is 21.9 Å². The highest BCUT2D eigenvalue weighted by Gasteiger charge is 2.23. The summed E-state index contributed by atoms with van der Waals surface area (Å²) in [5.41, 5.74) is 0.464. The van der Waals surface area contributed by atoms with Crippen molar-refractivity contribution >= 4 is 46.2 Å². The molecular formula is C16H10ClFN2O2S. The molecule has 0 bridgehead atoms. The molecule has 7 heteroatoms. The summed E-state index contributed by atoms with van der Waals surface area (Å²) in [4.78, 5) is 16.6. The van der Waals surface area contributed by atoms with Gasteiger partial charge >= 0.3 is 0 Å². The molecule has 1 saturated heterocycles. The molecule has 0 aliphatic carbocycles. The van der Waals surface area contributed by atoms with Crippen LogP contribution < -0.4 is 5.32 Å². The SMILES string of the molecule is O=C1NC(=Nc2ccc(F)c(Cl)c2)SC1=CC=Cc1ccco1. The average Bonchev–Trinajstić information content (AvgIpc) is 3.14. The van der Waals surface area contributed by atoms with Crippen molar-refractivity contribution in [2.24, 2.45) is 4.99 Å². The van der Waals surface area contributed by atoms with Gasteiger partial charge in [0.25, 0.3) is 5.91 Å². The zero-order valence-corrected chi connectivity index (χ0v) is 13.2. The molecule has 1 amide bonds. The zero-order valence-electron chi connectivity index (χ0n) is 11.6. The smallest absolute Gasteiger partial charge is 0.264 e. The van der Waals surface area contributed by atoms with Crippen LogP contribution in [0.15, 0.2) is 63.1 Å². The molecule has 1 fully saturated rings. The molecular weight excluding hydrogens is 339 g/mol. The second-order valence-electron chi connectivity index (χ2n) is 4.48. The predicted molar refractivity (Wildman–Crippen MR) is 90.1 cm³/mol. The van der Waals surface area contributed by atoms with Gasteiger partial charge in [-0.05, 0) is 54.2 Å². The molecule has 3 rings (SSSR count). The van der Waals surface area contributed by atoms with Crippen LogP contribution in [0.4, 0.5) is 10.1 Å². The number of nitrogens with one attached hydrogen (secondary N) is 1. The van der Waals surface area contributed by atoms with E-state index in [0.29, 0.717) is 21.5 Å². The average molecular weight is 349 g/mol. The number of hydrogen-bond donors (Lipinski definition) is 1. The molecule has 2 heterocycles. The maximum atomic E-state index is 13.1. The Morgan fingerprint density at radius 2 is 2.22 bits per heavy atom. The van der Waals surface area contributed by atoms with Crippen LogP contribution in [0.2, 0.25) is 5.02 Å². The van der Waals surface area contributed by atoms with Crippen LogP contribution >= 0.6 is 23.4 Å². The molecule has 2 aromatic rings. The van der Waals surface area contributed by atoms with E-state index in [1.54, 1.807) is 30.6 Å². The maximum Gasteiger partial charge on any atom is 0.264 e. The number of rotatable bonds is 3. The summed E-state index contributed by atoms with van der Waals surface area (Å²) in [6.45, 7) is 0. The number of benzene rings is 1. The summed E-state index contributed by atoms with van der Waals surface area (Å²) in [7, 11) is 0. The number of nitrogens with zero attached hydrogens (tertiary/aromatic N) is 1. The largest absolute Gasteiger partial charge is 0.465 e. The van der Waals surface area contributed by atoms with Crippen molar-refractivity contribution in [3.8, 4) is 0 Å². The number of halogens is 2. The topological polar surface area (TPSA) is 54.6 Å². The Labute approximate surface area is 140 Å². The van der Waals surface area contributed by atoms with Crippen molar-refractivity contribution in [2.75, 3.05) is 0 Å². The minimum atomic E-state index is -0.512. The second kappa shape index (κ2) is 6.85. The molecule has 1 N–H and O–H groups in total. The van der Waals surface area contributed by atoms with E-state index in [1.807, 2.05) is 6.07 Å². The van der Waals surface area contributed by atoms with Gasteiger partial charge in [-0.25, -0.2) is 9.38 Å². The number of allylic oxidation sites excluding steroid dienone is 2. The standard InChI is InChI=1S/C16H10ClFN2O2S/c17-12-9-10(6-7-13(12)18)19-16-20-15(21)14(23-16)5-1-3-11-4-2-8-22-11/h1-9H,(H,19,20,21). The number of hydrogen-bond acceptors (Lipinski definition) is 4. The van der Waals surface area contributed by atoms with E-state index in [4.69, 9.17) is 16.0 Å². The van der Waals surface area contributed by atoms with Crippen molar-refractivity contribution < 1.29 is 13.6 Å². The Morgan fingerprint density at radius 1 is 1.35 bits per heavy atom. The lowest BCUT2D eigenvalue weighted by atomic mass is 10.3. The molecule has 1 aliphatic heterocycles. The van der Waals surface area contributed by atoms with E-state index >= 15 is 0 Å². The van der Waals surface area contributed by atoms with Crippen LogP contribution in [0.25, 0.3) is 6.08 Å². The number of thioether (sulfide) groups is 1. The van der Waals surface area contributed by atoms with Gasteiger partial charge in [0.1, 0.15) is 11.6 Å². The van der Waals surface area contributed by atoms with E-state index in [2.05, 4.69) is 10.3 Å². The summed E-state index contributed by atoms with van der Waals surface area (Å²) < 4.78 is 18.3. The summed E-state index contributed by atoms with van der Waals surface area (Å²) in [6, 6.07) is 7.70. The fraction of sp³-hybridized carbons (Fsp3) is 0. The monoisotopic (exact) mass is 348 g/mol. The van der Waals surface area contributed by atoms with Crippen LogP contribution in [0.5, 0.6) is 0 Å². The molecule has 116 valence electrons. The van der Waals surface area contributed by atoms with Crippen LogP contribution in [-0.2, 0) is 4.79 Å². The molecule has 0 atom stereocenters. The molecule has 1 aromatic heterocycles. The van der Waals surface area contributed by atoms with Crippen molar-refractivity contribution in [3.05, 3.63) is 70.3 Å². The Kier molecular flexibility index (Phi) is 4.64. The highest BCUT2D eigenvalue weighted by Crippen LogP contribution is 2.28. The molecule has 4 nitrogen and oxygen atoms in total. The number of aliphatic imine (C=N–C) groups is 1. The number of carbonyl (C=O) groups excluding carboxylic acids is 1. The first-order valence-corrected chi connectivity index (χ1v) is 7.76. The minimum absolute atomic E-state index is 0.0154. The zero-order chi connectivity index (χ0) is 16.2. The van der Waals surface area contributed by atoms with E-state index < -0.39 is 5.82 Å². The predicted octanol–water partition coefficient (Wildman–Crippen LogP) is 4.52. The molecule has 23 heavy (non-hydrogen) atoms. The third kappa shape index (κ3) is 3.91. The van der Waals surface area contributed by atoms with Crippen LogP contribution in [0.3, 0.4) is 0 Å². The summed E-state index contributed by atoms with van der Waals surface area (Å²) in [5.74, 6) is -0.0615.